The first kappa shape index (κ1) is 34.8. The van der Waals surface area contributed by atoms with E-state index in [0.717, 1.165) is 27.8 Å². The van der Waals surface area contributed by atoms with E-state index >= 15 is 0 Å². The van der Waals surface area contributed by atoms with E-state index in [0.29, 0.717) is 41.2 Å². The summed E-state index contributed by atoms with van der Waals surface area (Å²) in [6.45, 7) is 6.26. The fraction of sp³-hybridized carbons (Fsp3) is 0.233. The third-order valence-electron chi connectivity index (χ3n) is 9.52. The predicted octanol–water partition coefficient (Wildman–Crippen LogP) is 9.49. The maximum Gasteiger partial charge on any atom is 0.410 e. The number of likely N-dealkylation sites (tertiary alicyclic amines) is 1. The molecule has 8 nitrogen and oxygen atoms in total. The molecule has 9 heteroatoms. The Labute approximate surface area is 308 Å². The number of rotatable bonds is 7. The molecular weight excluding hydrogens is 672 g/mol. The maximum absolute atomic E-state index is 14.2. The highest BCUT2D eigenvalue weighted by Gasteiger charge is 2.41. The Hall–Kier alpha value is -5.60. The molecule has 7 rings (SSSR count). The number of aromatic nitrogens is 2. The minimum atomic E-state index is -0.951. The lowest BCUT2D eigenvalue weighted by Gasteiger charge is -2.37. The molecule has 2 amide bonds. The van der Waals surface area contributed by atoms with Crippen LogP contribution < -0.4 is 5.32 Å². The third-order valence-corrected chi connectivity index (χ3v) is 9.85. The minimum absolute atomic E-state index is 0.0896. The Bertz CT molecular complexity index is 2120. The second kappa shape index (κ2) is 14.2. The molecule has 2 heterocycles. The lowest BCUT2D eigenvalue weighted by atomic mass is 9.77. The summed E-state index contributed by atoms with van der Waals surface area (Å²) in [6.07, 6.45) is 0.868. The quantitative estimate of drug-likeness (QED) is 0.161. The first-order valence-electron chi connectivity index (χ1n) is 17.5. The zero-order chi connectivity index (χ0) is 36.5. The number of carbonyl (C=O) groups excluding carboxylic acids is 2. The van der Waals surface area contributed by atoms with Crippen LogP contribution in [0.2, 0.25) is 5.02 Å². The zero-order valence-corrected chi connectivity index (χ0v) is 30.2. The van der Waals surface area contributed by atoms with Gasteiger partial charge in [-0.2, -0.15) is 5.10 Å². The monoisotopic (exact) mass is 712 g/mol. The molecule has 1 fully saturated rings. The van der Waals surface area contributed by atoms with Crippen molar-refractivity contribution in [3.8, 4) is 16.9 Å². The molecule has 0 saturated carbocycles. The second-order valence-electron chi connectivity index (χ2n) is 14.2. The molecule has 0 aliphatic carbocycles. The largest absolute Gasteiger partial charge is 0.508 e. The molecule has 1 aromatic heterocycles. The van der Waals surface area contributed by atoms with Gasteiger partial charge in [0.15, 0.2) is 5.82 Å². The van der Waals surface area contributed by atoms with E-state index in [-0.39, 0.29) is 18.2 Å². The number of fused-ring (bicyclic) bond motifs is 1. The number of piperidine rings is 1. The summed E-state index contributed by atoms with van der Waals surface area (Å²) >= 11 is 6.66. The van der Waals surface area contributed by atoms with Crippen LogP contribution in [0.25, 0.3) is 22.0 Å². The summed E-state index contributed by atoms with van der Waals surface area (Å²) < 4.78 is 7.63. The summed E-state index contributed by atoms with van der Waals surface area (Å²) in [5.74, 6) is -0.232. The van der Waals surface area contributed by atoms with Crippen LogP contribution in [0.15, 0.2) is 127 Å². The summed E-state index contributed by atoms with van der Waals surface area (Å²) in [7, 11) is 0. The molecule has 52 heavy (non-hydrogen) atoms. The first-order valence-corrected chi connectivity index (χ1v) is 17.9. The van der Waals surface area contributed by atoms with Crippen LogP contribution >= 0.6 is 11.6 Å². The average Bonchev–Trinajstić information content (AvgIpc) is 3.51. The Balaban J connectivity index is 1.42. The van der Waals surface area contributed by atoms with E-state index < -0.39 is 23.2 Å². The second-order valence-corrected chi connectivity index (χ2v) is 14.6. The number of ether oxygens (including phenoxy) is 1. The molecular formula is C43H41ClN4O4. The summed E-state index contributed by atoms with van der Waals surface area (Å²) in [6, 6.07) is 41.4. The van der Waals surface area contributed by atoms with Gasteiger partial charge in [0.2, 0.25) is 5.91 Å². The Morgan fingerprint density at radius 1 is 0.827 bits per heavy atom. The summed E-state index contributed by atoms with van der Waals surface area (Å²) in [4.78, 5) is 28.8. The minimum Gasteiger partial charge on any atom is -0.508 e. The predicted molar refractivity (Wildman–Crippen MR) is 206 cm³/mol. The highest BCUT2D eigenvalue weighted by molar-refractivity contribution is 6.33. The van der Waals surface area contributed by atoms with Crippen molar-refractivity contribution in [3.05, 3.63) is 149 Å². The van der Waals surface area contributed by atoms with Crippen LogP contribution in [-0.4, -0.2) is 50.5 Å². The smallest absolute Gasteiger partial charge is 0.410 e. The third kappa shape index (κ3) is 6.74. The van der Waals surface area contributed by atoms with Crippen molar-refractivity contribution in [1.29, 1.82) is 0 Å². The standard InChI is InChI=1S/C43H41ClN4O4/c1-42(2,3)52-41(51)47-25-13-14-30(28-47)40(50)45-39-36-26-29(35-27-34(49)22-23-37(35)44)21-24-38(36)48(46-39)43(31-15-7-4-8-16-31,32-17-9-5-10-18-32)33-19-11-6-12-20-33/h4-12,15-24,26-27,30,49H,13-14,25,28H2,1-3H3,(H,45,46,50)/t30-/m1/s1. The maximum atomic E-state index is 14.2. The number of hydrogen-bond donors (Lipinski definition) is 2. The van der Waals surface area contributed by atoms with Crippen molar-refractivity contribution in [1.82, 2.24) is 14.7 Å². The average molecular weight is 713 g/mol. The first-order chi connectivity index (χ1) is 25.0. The van der Waals surface area contributed by atoms with Gasteiger partial charge in [0.1, 0.15) is 16.9 Å². The summed E-state index contributed by atoms with van der Waals surface area (Å²) in [5.41, 5.74) is 3.52. The molecule has 5 aromatic carbocycles. The van der Waals surface area contributed by atoms with Crippen LogP contribution in [0.1, 0.15) is 50.3 Å². The van der Waals surface area contributed by atoms with E-state index in [9.17, 15) is 14.7 Å². The number of nitrogens with one attached hydrogen (secondary N) is 1. The molecule has 1 aliphatic rings. The Morgan fingerprint density at radius 2 is 1.42 bits per heavy atom. The molecule has 0 bridgehead atoms. The normalized spacial score (nSPS) is 15.0. The van der Waals surface area contributed by atoms with E-state index in [1.54, 1.807) is 23.1 Å². The Kier molecular flexibility index (Phi) is 9.51. The molecule has 6 aromatic rings. The van der Waals surface area contributed by atoms with E-state index in [2.05, 4.69) is 41.7 Å². The number of nitrogens with zero attached hydrogens (tertiary/aromatic N) is 3. The van der Waals surface area contributed by atoms with E-state index in [1.165, 1.54) is 0 Å². The van der Waals surface area contributed by atoms with Gasteiger partial charge in [0.25, 0.3) is 0 Å². The van der Waals surface area contributed by atoms with Crippen molar-refractivity contribution in [3.63, 3.8) is 0 Å². The number of benzene rings is 5. The molecule has 0 unspecified atom stereocenters. The SMILES string of the molecule is CC(C)(C)OC(=O)N1CCC[C@@H](C(=O)Nc2nn(C(c3ccccc3)(c3ccccc3)c3ccccc3)c3ccc(-c4cc(O)ccc4Cl)cc23)C1. The topological polar surface area (TPSA) is 96.7 Å². The fourth-order valence-corrected chi connectivity index (χ4v) is 7.40. The van der Waals surface area contributed by atoms with E-state index in [1.807, 2.05) is 98.2 Å². The molecule has 264 valence electrons. The Morgan fingerprint density at radius 3 is 2.00 bits per heavy atom. The molecule has 2 N–H and O–H groups in total. The van der Waals surface area contributed by atoms with Gasteiger partial charge in [-0.1, -0.05) is 109 Å². The van der Waals surface area contributed by atoms with Gasteiger partial charge in [0.05, 0.1) is 11.4 Å². The number of carbonyl (C=O) groups is 2. The van der Waals surface area contributed by atoms with Gasteiger partial charge in [-0.15, -0.1) is 0 Å². The van der Waals surface area contributed by atoms with Crippen LogP contribution in [0.5, 0.6) is 5.75 Å². The van der Waals surface area contributed by atoms with Gasteiger partial charge in [-0.3, -0.25) is 4.79 Å². The van der Waals surface area contributed by atoms with Crippen LogP contribution in [0.3, 0.4) is 0 Å². The van der Waals surface area contributed by atoms with Crippen molar-refractivity contribution in [2.45, 2.75) is 44.8 Å². The van der Waals surface area contributed by atoms with E-state index in [4.69, 9.17) is 21.4 Å². The number of amides is 2. The van der Waals surface area contributed by atoms with Crippen LogP contribution in [0, 0.1) is 5.92 Å². The van der Waals surface area contributed by atoms with Crippen molar-refractivity contribution < 1.29 is 19.4 Å². The lowest BCUT2D eigenvalue weighted by molar-refractivity contribution is -0.121. The fourth-order valence-electron chi connectivity index (χ4n) is 7.18. The molecule has 0 spiro atoms. The number of halogens is 1. The van der Waals surface area contributed by atoms with Crippen molar-refractivity contribution >= 4 is 40.3 Å². The summed E-state index contributed by atoms with van der Waals surface area (Å²) in [5, 5.41) is 20.0. The van der Waals surface area contributed by atoms with Crippen LogP contribution in [-0.2, 0) is 15.1 Å². The number of hydrogen-bond acceptors (Lipinski definition) is 5. The van der Waals surface area contributed by atoms with Gasteiger partial charge in [-0.05, 0) is 86.2 Å². The highest BCUT2D eigenvalue weighted by Crippen LogP contribution is 2.44. The molecule has 1 saturated heterocycles. The van der Waals surface area contributed by atoms with Gasteiger partial charge < -0.3 is 20.1 Å². The highest BCUT2D eigenvalue weighted by atomic mass is 35.5. The molecule has 1 aliphatic heterocycles. The molecule has 1 atom stereocenters. The number of anilines is 1. The van der Waals surface area contributed by atoms with Gasteiger partial charge in [0, 0.05) is 29.1 Å². The number of phenolic OH excluding ortho intramolecular Hbond substituents is 1. The van der Waals surface area contributed by atoms with Gasteiger partial charge >= 0.3 is 6.09 Å². The van der Waals surface area contributed by atoms with Gasteiger partial charge in [-0.25, -0.2) is 9.48 Å². The van der Waals surface area contributed by atoms with Crippen molar-refractivity contribution in [2.24, 2.45) is 5.92 Å². The van der Waals surface area contributed by atoms with Crippen LogP contribution in [0.4, 0.5) is 10.6 Å². The zero-order valence-electron chi connectivity index (χ0n) is 29.4. The molecule has 0 radical (unpaired) electrons. The van der Waals surface area contributed by atoms with Crippen molar-refractivity contribution in [2.75, 3.05) is 18.4 Å². The number of aromatic hydroxyl groups is 1. The lowest BCUT2D eigenvalue weighted by Crippen LogP contribution is -2.45. The number of phenols is 1.